The number of hydrogen-bond acceptors (Lipinski definition) is 3. The highest BCUT2D eigenvalue weighted by atomic mass is 32.3. The van der Waals surface area contributed by atoms with E-state index in [9.17, 15) is 17.1 Å². The van der Waals surface area contributed by atoms with Crippen molar-refractivity contribution in [2.24, 2.45) is 0 Å². The Kier molecular flexibility index (Phi) is 4.00. The van der Waals surface area contributed by atoms with Crippen LogP contribution >= 0.6 is 0 Å². The second-order valence-electron chi connectivity index (χ2n) is 3.24. The molecule has 0 aliphatic heterocycles. The normalized spacial score (nSPS) is 11.1. The van der Waals surface area contributed by atoms with Gasteiger partial charge in [-0.25, -0.2) is 0 Å². The van der Waals surface area contributed by atoms with Crippen LogP contribution in [0.3, 0.4) is 0 Å². The quantitative estimate of drug-likeness (QED) is 0.812. The zero-order valence-corrected chi connectivity index (χ0v) is 9.55. The third kappa shape index (κ3) is 3.98. The van der Waals surface area contributed by atoms with E-state index < -0.39 is 16.0 Å². The summed E-state index contributed by atoms with van der Waals surface area (Å²) in [6.45, 7) is 2.25. The number of carbonyl (C=O) groups is 1. The third-order valence-electron chi connectivity index (χ3n) is 1.87. The maximum atomic E-state index is 12.4. The largest absolute Gasteiger partial charge is 0.352 e. The Bertz CT molecular complexity index is 485. The number of halogens is 1. The predicted octanol–water partition coefficient (Wildman–Crippen LogP) is 1.24. The number of nitrogens with one attached hydrogen (secondary N) is 1. The molecule has 0 fully saturated rings. The number of rotatable bonds is 4. The lowest BCUT2D eigenvalue weighted by atomic mass is 10.1. The van der Waals surface area contributed by atoms with Crippen LogP contribution in [0.4, 0.5) is 3.89 Å². The van der Waals surface area contributed by atoms with Crippen molar-refractivity contribution >= 4 is 16.1 Å². The van der Waals surface area contributed by atoms with Crippen molar-refractivity contribution in [1.82, 2.24) is 5.32 Å². The monoisotopic (exact) mass is 245 g/mol. The summed E-state index contributed by atoms with van der Waals surface area (Å²) in [5, 5.41) is 2.57. The summed E-state index contributed by atoms with van der Waals surface area (Å²) in [6.07, 6.45) is 0. The summed E-state index contributed by atoms with van der Waals surface area (Å²) in [7, 11) is -4.56. The van der Waals surface area contributed by atoms with Crippen molar-refractivity contribution < 1.29 is 17.1 Å². The zero-order valence-electron chi connectivity index (χ0n) is 8.73. The summed E-state index contributed by atoms with van der Waals surface area (Å²) in [5.41, 5.74) is 0.578. The van der Waals surface area contributed by atoms with Crippen LogP contribution in [-0.2, 0) is 16.0 Å². The van der Waals surface area contributed by atoms with E-state index in [4.69, 9.17) is 0 Å². The highest BCUT2D eigenvalue weighted by Gasteiger charge is 2.11. The predicted molar refractivity (Wildman–Crippen MR) is 58.2 cm³/mol. The van der Waals surface area contributed by atoms with Crippen LogP contribution in [0, 0.1) is 0 Å². The van der Waals surface area contributed by atoms with Crippen LogP contribution in [0.25, 0.3) is 0 Å². The van der Waals surface area contributed by atoms with Crippen LogP contribution in [0.15, 0.2) is 24.3 Å². The van der Waals surface area contributed by atoms with Gasteiger partial charge in [0.05, 0.1) is 0 Å². The molecule has 1 aromatic rings. The Balaban J connectivity index is 2.91. The third-order valence-corrected chi connectivity index (χ3v) is 2.54. The van der Waals surface area contributed by atoms with Crippen LogP contribution in [-0.4, -0.2) is 20.9 Å². The van der Waals surface area contributed by atoms with E-state index in [1.54, 1.807) is 13.0 Å². The molecule has 0 aromatic heterocycles. The maximum absolute atomic E-state index is 12.4. The van der Waals surface area contributed by atoms with Gasteiger partial charge in [-0.05, 0) is 24.6 Å². The van der Waals surface area contributed by atoms with Crippen LogP contribution in [0.2, 0.25) is 0 Å². The van der Waals surface area contributed by atoms with Gasteiger partial charge in [0.2, 0.25) is 0 Å². The lowest BCUT2D eigenvalue weighted by molar-refractivity contribution is 0.0955. The fourth-order valence-corrected chi connectivity index (χ4v) is 1.84. The van der Waals surface area contributed by atoms with Crippen molar-refractivity contribution in [3.63, 3.8) is 0 Å². The minimum Gasteiger partial charge on any atom is -0.352 e. The summed E-state index contributed by atoms with van der Waals surface area (Å²) in [4.78, 5) is 11.4. The zero-order chi connectivity index (χ0) is 12.2. The molecule has 1 N–H and O–H groups in total. The van der Waals surface area contributed by atoms with Crippen molar-refractivity contribution in [3.05, 3.63) is 35.4 Å². The molecule has 0 atom stereocenters. The van der Waals surface area contributed by atoms with Gasteiger partial charge in [0.15, 0.2) is 0 Å². The number of hydrogen-bond donors (Lipinski definition) is 1. The molecule has 0 radical (unpaired) electrons. The second-order valence-corrected chi connectivity index (χ2v) is 4.61. The number of benzene rings is 1. The Hall–Kier alpha value is -1.43. The fraction of sp³-hybridized carbons (Fsp3) is 0.300. The van der Waals surface area contributed by atoms with Gasteiger partial charge < -0.3 is 5.32 Å². The Morgan fingerprint density at radius 2 is 2.12 bits per heavy atom. The van der Waals surface area contributed by atoms with Gasteiger partial charge in [0.25, 0.3) is 5.91 Å². The van der Waals surface area contributed by atoms with Gasteiger partial charge in [-0.3, -0.25) is 4.79 Å². The number of carbonyl (C=O) groups excluding carboxylic acids is 1. The van der Waals surface area contributed by atoms with E-state index in [0.717, 1.165) is 0 Å². The van der Waals surface area contributed by atoms with Crippen LogP contribution < -0.4 is 5.32 Å². The van der Waals surface area contributed by atoms with E-state index in [1.807, 2.05) is 0 Å². The average Bonchev–Trinajstić information content (AvgIpc) is 2.16. The SMILES string of the molecule is CCNC(=O)c1cccc(CS(=O)(=O)F)c1. The molecule has 4 nitrogen and oxygen atoms in total. The van der Waals surface area contributed by atoms with E-state index in [2.05, 4.69) is 5.32 Å². The standard InChI is InChI=1S/C10H12FNO3S/c1-2-12-10(13)9-5-3-4-8(6-9)7-16(11,14)15/h3-6H,2,7H2,1H3,(H,12,13). The molecule has 1 amide bonds. The molecule has 0 bridgehead atoms. The first-order valence-corrected chi connectivity index (χ1v) is 6.27. The average molecular weight is 245 g/mol. The summed E-state index contributed by atoms with van der Waals surface area (Å²) in [6, 6.07) is 5.88. The second kappa shape index (κ2) is 5.07. The van der Waals surface area contributed by atoms with Gasteiger partial charge in [-0.1, -0.05) is 12.1 Å². The lowest BCUT2D eigenvalue weighted by Gasteiger charge is -2.03. The highest BCUT2D eigenvalue weighted by Crippen LogP contribution is 2.10. The van der Waals surface area contributed by atoms with Gasteiger partial charge in [0, 0.05) is 12.1 Å². The molecule has 0 saturated heterocycles. The van der Waals surface area contributed by atoms with Crippen LogP contribution in [0.5, 0.6) is 0 Å². The topological polar surface area (TPSA) is 63.2 Å². The van der Waals surface area contributed by atoms with Crippen molar-refractivity contribution in [2.45, 2.75) is 12.7 Å². The minimum absolute atomic E-state index is 0.256. The Morgan fingerprint density at radius 1 is 1.44 bits per heavy atom. The van der Waals surface area contributed by atoms with E-state index in [0.29, 0.717) is 12.1 Å². The Morgan fingerprint density at radius 3 is 2.69 bits per heavy atom. The molecular formula is C10H12FNO3S. The molecule has 16 heavy (non-hydrogen) atoms. The number of amides is 1. The van der Waals surface area contributed by atoms with Crippen molar-refractivity contribution in [2.75, 3.05) is 6.54 Å². The molecular weight excluding hydrogens is 233 g/mol. The molecule has 0 spiro atoms. The van der Waals surface area contributed by atoms with Gasteiger partial charge >= 0.3 is 10.2 Å². The van der Waals surface area contributed by atoms with Crippen molar-refractivity contribution in [3.8, 4) is 0 Å². The first-order valence-electron chi connectivity index (χ1n) is 4.72. The molecule has 0 heterocycles. The minimum atomic E-state index is -4.56. The van der Waals surface area contributed by atoms with Crippen molar-refractivity contribution in [1.29, 1.82) is 0 Å². The molecule has 0 saturated carbocycles. The Labute approximate surface area is 93.7 Å². The summed E-state index contributed by atoms with van der Waals surface area (Å²) >= 11 is 0. The molecule has 88 valence electrons. The molecule has 0 aliphatic rings. The van der Waals surface area contributed by atoms with E-state index in [1.165, 1.54) is 18.2 Å². The van der Waals surface area contributed by atoms with Gasteiger partial charge in [-0.2, -0.15) is 8.42 Å². The summed E-state index contributed by atoms with van der Waals surface area (Å²) in [5.74, 6) is -1.01. The van der Waals surface area contributed by atoms with E-state index in [-0.39, 0.29) is 11.5 Å². The first-order chi connectivity index (χ1) is 7.42. The van der Waals surface area contributed by atoms with E-state index >= 15 is 0 Å². The smallest absolute Gasteiger partial charge is 0.306 e. The van der Waals surface area contributed by atoms with Gasteiger partial charge in [0.1, 0.15) is 5.75 Å². The molecule has 0 unspecified atom stereocenters. The maximum Gasteiger partial charge on any atom is 0.306 e. The molecule has 1 rings (SSSR count). The fourth-order valence-electron chi connectivity index (χ4n) is 1.26. The summed E-state index contributed by atoms with van der Waals surface area (Å²) < 4.78 is 33.3. The first kappa shape index (κ1) is 12.6. The highest BCUT2D eigenvalue weighted by molar-refractivity contribution is 7.85. The molecule has 6 heteroatoms. The lowest BCUT2D eigenvalue weighted by Crippen LogP contribution is -2.22. The van der Waals surface area contributed by atoms with Crippen LogP contribution in [0.1, 0.15) is 22.8 Å². The molecule has 0 aliphatic carbocycles. The van der Waals surface area contributed by atoms with Gasteiger partial charge in [-0.15, -0.1) is 3.89 Å². The molecule has 1 aromatic carbocycles.